The summed E-state index contributed by atoms with van der Waals surface area (Å²) in [5.74, 6) is 2.15. The van der Waals surface area contributed by atoms with Crippen LogP contribution < -0.4 is 19.5 Å². The van der Waals surface area contributed by atoms with E-state index in [1.54, 1.807) is 11.8 Å². The van der Waals surface area contributed by atoms with E-state index < -0.39 is 6.10 Å². The van der Waals surface area contributed by atoms with Gasteiger partial charge in [-0.2, -0.15) is 4.98 Å². The van der Waals surface area contributed by atoms with Crippen LogP contribution in [0.1, 0.15) is 12.5 Å². The van der Waals surface area contributed by atoms with E-state index in [1.165, 1.54) is 0 Å². The lowest BCUT2D eigenvalue weighted by Gasteiger charge is -2.15. The average Bonchev–Trinajstić information content (AvgIpc) is 3.38. The van der Waals surface area contributed by atoms with E-state index >= 15 is 0 Å². The Bertz CT molecular complexity index is 1290. The topological polar surface area (TPSA) is 99.9 Å². The Morgan fingerprint density at radius 2 is 1.79 bits per heavy atom. The Hall–Kier alpha value is -4.08. The maximum atomic E-state index is 10.5. The van der Waals surface area contributed by atoms with Crippen molar-refractivity contribution in [1.82, 2.24) is 14.8 Å². The molecule has 4 rings (SSSR count). The van der Waals surface area contributed by atoms with Gasteiger partial charge in [-0.1, -0.05) is 24.3 Å². The smallest absolute Gasteiger partial charge is 0.336 e. The van der Waals surface area contributed by atoms with Gasteiger partial charge in [0.2, 0.25) is 0 Å². The first-order valence-corrected chi connectivity index (χ1v) is 12.6. The molecule has 9 heteroatoms. The van der Waals surface area contributed by atoms with Gasteiger partial charge in [0.05, 0.1) is 19.4 Å². The van der Waals surface area contributed by atoms with E-state index in [9.17, 15) is 5.11 Å². The van der Waals surface area contributed by atoms with E-state index in [4.69, 9.17) is 18.9 Å². The molecule has 0 fully saturated rings. The van der Waals surface area contributed by atoms with Gasteiger partial charge in [0.25, 0.3) is 0 Å². The molecule has 0 radical (unpaired) electrons. The molecular weight excluding hydrogens is 484 g/mol. The zero-order valence-electron chi connectivity index (χ0n) is 22.0. The largest absolute Gasteiger partial charge is 0.497 e. The van der Waals surface area contributed by atoms with Crippen molar-refractivity contribution >= 4 is 5.69 Å². The number of aliphatic hydroxyl groups is 1. The number of nitrogens with zero attached hydrogens (tertiary/aromatic N) is 3. The number of methoxy groups -OCH3 is 1. The SMILES string of the molecule is CCOCCOc1nc(-c2ccc(OC)cc2)n(-c2cccc(NCC(O)COc3ccccc3C)c2)n1. The molecule has 0 saturated heterocycles. The quantitative estimate of drug-likeness (QED) is 0.235. The molecule has 0 aliphatic carbocycles. The average molecular weight is 519 g/mol. The third-order valence-electron chi connectivity index (χ3n) is 5.76. The Morgan fingerprint density at radius 3 is 2.55 bits per heavy atom. The molecular formula is C29H34N4O5. The number of hydrogen-bond acceptors (Lipinski definition) is 8. The summed E-state index contributed by atoms with van der Waals surface area (Å²) >= 11 is 0. The standard InChI is InChI=1S/C29H34N4O5/c1-4-36-16-17-37-29-31-28(22-12-14-26(35-3)15-13-22)33(32-29)24-10-7-9-23(18-24)30-19-25(34)20-38-27-11-6-5-8-21(27)2/h5-15,18,25,30,34H,4,16-17,19-20H2,1-3H3. The van der Waals surface area contributed by atoms with Crippen molar-refractivity contribution in [3.05, 3.63) is 78.4 Å². The van der Waals surface area contributed by atoms with Crippen LogP contribution >= 0.6 is 0 Å². The van der Waals surface area contributed by atoms with Crippen LogP contribution in [-0.4, -0.2) is 66.1 Å². The van der Waals surface area contributed by atoms with Gasteiger partial charge in [0, 0.05) is 24.4 Å². The number of anilines is 1. The van der Waals surface area contributed by atoms with Crippen LogP contribution in [0.25, 0.3) is 17.1 Å². The Morgan fingerprint density at radius 1 is 0.974 bits per heavy atom. The molecule has 9 nitrogen and oxygen atoms in total. The van der Waals surface area contributed by atoms with E-state index in [2.05, 4.69) is 15.4 Å². The molecule has 0 bridgehead atoms. The summed E-state index contributed by atoms with van der Waals surface area (Å²) in [5.41, 5.74) is 3.51. The molecule has 0 aliphatic rings. The molecule has 1 atom stereocenters. The van der Waals surface area contributed by atoms with Crippen molar-refractivity contribution in [3.63, 3.8) is 0 Å². The number of hydrogen-bond donors (Lipinski definition) is 2. The molecule has 0 amide bonds. The van der Waals surface area contributed by atoms with Gasteiger partial charge in [-0.25, -0.2) is 4.68 Å². The summed E-state index contributed by atoms with van der Waals surface area (Å²) in [6, 6.07) is 23.4. The highest BCUT2D eigenvalue weighted by Crippen LogP contribution is 2.26. The molecule has 1 aromatic heterocycles. The second kappa shape index (κ2) is 13.5. The number of aryl methyl sites for hydroxylation is 1. The van der Waals surface area contributed by atoms with Gasteiger partial charge in [0.1, 0.15) is 30.8 Å². The van der Waals surface area contributed by atoms with Gasteiger partial charge in [-0.3, -0.25) is 0 Å². The van der Waals surface area contributed by atoms with Crippen LogP contribution in [0.15, 0.2) is 72.8 Å². The van der Waals surface area contributed by atoms with E-state index in [-0.39, 0.29) is 12.6 Å². The monoisotopic (exact) mass is 518 g/mol. The highest BCUT2D eigenvalue weighted by Gasteiger charge is 2.16. The molecule has 0 aliphatic heterocycles. The second-order valence-electron chi connectivity index (χ2n) is 8.57. The van der Waals surface area contributed by atoms with Crippen LogP contribution in [0.2, 0.25) is 0 Å². The highest BCUT2D eigenvalue weighted by atomic mass is 16.5. The maximum Gasteiger partial charge on any atom is 0.336 e. The predicted molar refractivity (Wildman–Crippen MR) is 147 cm³/mol. The minimum atomic E-state index is -0.690. The van der Waals surface area contributed by atoms with Crippen LogP contribution in [0.3, 0.4) is 0 Å². The molecule has 4 aromatic rings. The van der Waals surface area contributed by atoms with Gasteiger partial charge >= 0.3 is 6.01 Å². The number of para-hydroxylation sites is 1. The first kappa shape index (κ1) is 27.0. The minimum Gasteiger partial charge on any atom is -0.497 e. The van der Waals surface area contributed by atoms with Crippen LogP contribution in [0, 0.1) is 6.92 Å². The Kier molecular flexibility index (Phi) is 9.55. The Labute approximate surface area is 223 Å². The number of rotatable bonds is 14. The molecule has 38 heavy (non-hydrogen) atoms. The minimum absolute atomic E-state index is 0.185. The van der Waals surface area contributed by atoms with Gasteiger partial charge in [-0.15, -0.1) is 5.10 Å². The fourth-order valence-electron chi connectivity index (χ4n) is 3.74. The van der Waals surface area contributed by atoms with Crippen molar-refractivity contribution in [2.75, 3.05) is 45.4 Å². The summed E-state index contributed by atoms with van der Waals surface area (Å²) in [6.07, 6.45) is -0.690. The number of nitrogens with one attached hydrogen (secondary N) is 1. The zero-order valence-corrected chi connectivity index (χ0v) is 22.0. The van der Waals surface area contributed by atoms with Gasteiger partial charge < -0.3 is 29.4 Å². The lowest BCUT2D eigenvalue weighted by atomic mass is 10.2. The molecule has 2 N–H and O–H groups in total. The zero-order chi connectivity index (χ0) is 26.7. The summed E-state index contributed by atoms with van der Waals surface area (Å²) in [7, 11) is 1.63. The number of benzene rings is 3. The van der Waals surface area contributed by atoms with Gasteiger partial charge in [-0.05, 0) is 67.9 Å². The predicted octanol–water partition coefficient (Wildman–Crippen LogP) is 4.52. The van der Waals surface area contributed by atoms with Crippen molar-refractivity contribution in [2.45, 2.75) is 20.0 Å². The second-order valence-corrected chi connectivity index (χ2v) is 8.57. The third-order valence-corrected chi connectivity index (χ3v) is 5.76. The summed E-state index contributed by atoms with van der Waals surface area (Å²) in [5, 5.41) is 18.3. The number of aliphatic hydroxyl groups excluding tert-OH is 1. The summed E-state index contributed by atoms with van der Waals surface area (Å²) in [6.45, 7) is 5.85. The number of aromatic nitrogens is 3. The fourth-order valence-corrected chi connectivity index (χ4v) is 3.74. The molecule has 0 spiro atoms. The molecule has 1 heterocycles. The van der Waals surface area contributed by atoms with E-state index in [0.29, 0.717) is 32.2 Å². The highest BCUT2D eigenvalue weighted by molar-refractivity contribution is 5.61. The Balaban J connectivity index is 1.48. The number of ether oxygens (including phenoxy) is 4. The molecule has 0 saturated carbocycles. The first-order valence-electron chi connectivity index (χ1n) is 12.6. The van der Waals surface area contributed by atoms with Crippen molar-refractivity contribution in [1.29, 1.82) is 0 Å². The van der Waals surface area contributed by atoms with Crippen LogP contribution in [-0.2, 0) is 4.74 Å². The molecule has 3 aromatic carbocycles. The lowest BCUT2D eigenvalue weighted by molar-refractivity contribution is 0.106. The summed E-state index contributed by atoms with van der Waals surface area (Å²) < 4.78 is 23.9. The van der Waals surface area contributed by atoms with Gasteiger partial charge in [0.15, 0.2) is 5.82 Å². The summed E-state index contributed by atoms with van der Waals surface area (Å²) in [4.78, 5) is 4.63. The molecule has 200 valence electrons. The lowest BCUT2D eigenvalue weighted by Crippen LogP contribution is -2.26. The third kappa shape index (κ3) is 7.24. The van der Waals surface area contributed by atoms with E-state index in [1.807, 2.05) is 86.6 Å². The maximum absolute atomic E-state index is 10.5. The normalized spacial score (nSPS) is 11.7. The van der Waals surface area contributed by atoms with Crippen LogP contribution in [0.4, 0.5) is 5.69 Å². The first-order chi connectivity index (χ1) is 18.6. The van der Waals surface area contributed by atoms with Crippen molar-refractivity contribution in [2.24, 2.45) is 0 Å². The van der Waals surface area contributed by atoms with Crippen molar-refractivity contribution < 1.29 is 24.1 Å². The fraction of sp³-hybridized carbons (Fsp3) is 0.310. The molecule has 1 unspecified atom stereocenters. The van der Waals surface area contributed by atoms with E-state index in [0.717, 1.165) is 34.0 Å². The van der Waals surface area contributed by atoms with Crippen molar-refractivity contribution in [3.8, 4) is 34.6 Å². The van der Waals surface area contributed by atoms with Crippen LogP contribution in [0.5, 0.6) is 17.5 Å².